The molecule has 0 N–H and O–H groups in total. The van der Waals surface area contributed by atoms with Gasteiger partial charge >= 0.3 is 5.97 Å². The van der Waals surface area contributed by atoms with E-state index in [-0.39, 0.29) is 9.38 Å². The van der Waals surface area contributed by atoms with Gasteiger partial charge in [-0.05, 0) is 0 Å². The minimum atomic E-state index is -0.357. The molecule has 116 valence electrons. The maximum Gasteiger partial charge on any atom is 0.308 e. The lowest BCUT2D eigenvalue weighted by atomic mass is 10.5. The first kappa shape index (κ1) is 16.6. The third-order valence-electron chi connectivity index (χ3n) is 2.64. The van der Waals surface area contributed by atoms with Gasteiger partial charge < -0.3 is 14.2 Å². The number of methoxy groups -OCH3 is 3. The number of thioether (sulfide) groups is 3. The predicted molar refractivity (Wildman–Crippen MR) is 85.3 cm³/mol. The smallest absolute Gasteiger partial charge is 0.308 e. The fourth-order valence-corrected chi connectivity index (χ4v) is 6.38. The molecule has 1 fully saturated rings. The van der Waals surface area contributed by atoms with Crippen molar-refractivity contribution in [2.24, 2.45) is 0 Å². The van der Waals surface area contributed by atoms with Crippen molar-refractivity contribution in [3.63, 3.8) is 0 Å². The zero-order chi connectivity index (χ0) is 15.3. The number of aromatic nitrogens is 2. The van der Waals surface area contributed by atoms with Gasteiger partial charge in [0, 0.05) is 11.5 Å². The standard InChI is InChI=1S/C12H16N2O4S3/c1-16-8-6-9(17-2)14-11(13-8)21-12(7-10(15)18-3)19-4-5-20-12/h6H,4-5,7H2,1-3H3. The van der Waals surface area contributed by atoms with E-state index in [1.165, 1.54) is 18.9 Å². The molecule has 2 rings (SSSR count). The van der Waals surface area contributed by atoms with E-state index in [0.717, 1.165) is 11.5 Å². The summed E-state index contributed by atoms with van der Waals surface area (Å²) in [6.45, 7) is 0. The monoisotopic (exact) mass is 348 g/mol. The summed E-state index contributed by atoms with van der Waals surface area (Å²) in [4.78, 5) is 20.3. The van der Waals surface area contributed by atoms with Crippen LogP contribution in [0.15, 0.2) is 11.2 Å². The second-order valence-electron chi connectivity index (χ2n) is 3.97. The van der Waals surface area contributed by atoms with Crippen LogP contribution in [0.1, 0.15) is 6.42 Å². The van der Waals surface area contributed by atoms with Crippen LogP contribution in [-0.4, -0.2) is 52.2 Å². The van der Waals surface area contributed by atoms with Gasteiger partial charge in [0.2, 0.25) is 11.8 Å². The van der Waals surface area contributed by atoms with Gasteiger partial charge in [-0.2, -0.15) is 9.97 Å². The van der Waals surface area contributed by atoms with E-state index >= 15 is 0 Å². The van der Waals surface area contributed by atoms with Crippen LogP contribution in [0.4, 0.5) is 0 Å². The highest BCUT2D eigenvalue weighted by atomic mass is 32.3. The lowest BCUT2D eigenvalue weighted by molar-refractivity contribution is -0.140. The van der Waals surface area contributed by atoms with Crippen LogP contribution in [0.25, 0.3) is 0 Å². The number of rotatable bonds is 6. The predicted octanol–water partition coefficient (Wildman–Crippen LogP) is 2.28. The molecule has 0 unspecified atom stereocenters. The molecule has 0 spiro atoms. The first-order valence-corrected chi connectivity index (χ1v) is 8.90. The van der Waals surface area contributed by atoms with Gasteiger partial charge in [0.1, 0.15) is 3.41 Å². The molecule has 0 aromatic carbocycles. The highest BCUT2D eigenvalue weighted by molar-refractivity contribution is 8.35. The van der Waals surface area contributed by atoms with E-state index in [9.17, 15) is 4.79 Å². The summed E-state index contributed by atoms with van der Waals surface area (Å²) in [6, 6.07) is 1.62. The normalized spacial score (nSPS) is 16.5. The summed E-state index contributed by atoms with van der Waals surface area (Å²) >= 11 is 4.88. The van der Waals surface area contributed by atoms with Gasteiger partial charge in [0.25, 0.3) is 0 Å². The minimum Gasteiger partial charge on any atom is -0.481 e. The molecule has 1 aromatic rings. The molecule has 1 aliphatic heterocycles. The summed E-state index contributed by atoms with van der Waals surface area (Å²) < 4.78 is 14.7. The molecule has 21 heavy (non-hydrogen) atoms. The maximum absolute atomic E-state index is 11.7. The van der Waals surface area contributed by atoms with Crippen LogP contribution >= 0.6 is 35.3 Å². The average Bonchev–Trinajstić information content (AvgIpc) is 2.94. The molecule has 0 aliphatic carbocycles. The number of hydrogen-bond acceptors (Lipinski definition) is 9. The SMILES string of the molecule is COC(=O)CC1(Sc2nc(OC)cc(OC)n2)SCCS1. The van der Waals surface area contributed by atoms with Crippen LogP contribution in [0, 0.1) is 0 Å². The number of esters is 1. The summed E-state index contributed by atoms with van der Waals surface area (Å²) in [5.74, 6) is 2.60. The first-order valence-electron chi connectivity index (χ1n) is 6.11. The molecule has 0 radical (unpaired) electrons. The zero-order valence-corrected chi connectivity index (χ0v) is 14.4. The second-order valence-corrected chi connectivity index (χ2v) is 8.80. The van der Waals surface area contributed by atoms with Crippen molar-refractivity contribution in [1.29, 1.82) is 0 Å². The number of carbonyl (C=O) groups excluding carboxylic acids is 1. The van der Waals surface area contributed by atoms with Gasteiger partial charge in [0.05, 0.1) is 33.8 Å². The Kier molecular flexibility index (Phi) is 5.88. The van der Waals surface area contributed by atoms with Crippen molar-refractivity contribution >= 4 is 41.3 Å². The molecule has 0 bridgehead atoms. The van der Waals surface area contributed by atoms with E-state index in [0.29, 0.717) is 23.3 Å². The Morgan fingerprint density at radius 2 is 1.81 bits per heavy atom. The Bertz CT molecular complexity index is 487. The van der Waals surface area contributed by atoms with Crippen molar-refractivity contribution in [2.75, 3.05) is 32.8 Å². The summed E-state index contributed by atoms with van der Waals surface area (Å²) in [5.41, 5.74) is 0. The Labute approximate surface area is 136 Å². The number of carbonyl (C=O) groups is 1. The number of hydrogen-bond donors (Lipinski definition) is 0. The Hall–Kier alpha value is -0.800. The molecular weight excluding hydrogens is 332 g/mol. The molecule has 0 atom stereocenters. The van der Waals surface area contributed by atoms with E-state index in [1.807, 2.05) is 0 Å². The lowest BCUT2D eigenvalue weighted by Crippen LogP contribution is -2.19. The van der Waals surface area contributed by atoms with Crippen molar-refractivity contribution in [1.82, 2.24) is 9.97 Å². The van der Waals surface area contributed by atoms with Crippen molar-refractivity contribution in [3.05, 3.63) is 6.07 Å². The third-order valence-corrected chi connectivity index (χ3v) is 7.62. The zero-order valence-electron chi connectivity index (χ0n) is 12.0. The molecule has 0 saturated carbocycles. The molecule has 1 aromatic heterocycles. The highest BCUT2D eigenvalue weighted by Gasteiger charge is 2.40. The summed E-state index contributed by atoms with van der Waals surface area (Å²) in [6.07, 6.45) is 0.298. The topological polar surface area (TPSA) is 70.5 Å². The van der Waals surface area contributed by atoms with Crippen molar-refractivity contribution in [3.8, 4) is 11.8 Å². The van der Waals surface area contributed by atoms with Crippen LogP contribution in [-0.2, 0) is 9.53 Å². The fourth-order valence-electron chi connectivity index (χ4n) is 1.66. The maximum atomic E-state index is 11.7. The highest BCUT2D eigenvalue weighted by Crippen LogP contribution is 2.56. The molecular formula is C12H16N2O4S3. The Morgan fingerprint density at radius 3 is 2.29 bits per heavy atom. The minimum absolute atomic E-state index is 0.237. The van der Waals surface area contributed by atoms with Gasteiger partial charge in [-0.15, -0.1) is 23.5 Å². The molecule has 9 heteroatoms. The van der Waals surface area contributed by atoms with E-state index in [1.54, 1.807) is 43.8 Å². The average molecular weight is 348 g/mol. The largest absolute Gasteiger partial charge is 0.481 e. The third kappa shape index (κ3) is 4.33. The Balaban J connectivity index is 2.22. The van der Waals surface area contributed by atoms with Crippen LogP contribution in [0.3, 0.4) is 0 Å². The molecule has 6 nitrogen and oxygen atoms in total. The molecule has 0 amide bonds. The quantitative estimate of drug-likeness (QED) is 0.568. The van der Waals surface area contributed by atoms with Gasteiger partial charge in [-0.1, -0.05) is 11.8 Å². The summed E-state index contributed by atoms with van der Waals surface area (Å²) in [5, 5.41) is 0.525. The number of nitrogens with zero attached hydrogens (tertiary/aromatic N) is 2. The first-order chi connectivity index (χ1) is 10.1. The number of ether oxygens (including phenoxy) is 3. The van der Waals surface area contributed by atoms with E-state index in [4.69, 9.17) is 14.2 Å². The second kappa shape index (κ2) is 7.46. The van der Waals surface area contributed by atoms with E-state index < -0.39 is 0 Å². The van der Waals surface area contributed by atoms with Crippen molar-refractivity contribution in [2.45, 2.75) is 15.0 Å². The van der Waals surface area contributed by atoms with Crippen LogP contribution < -0.4 is 9.47 Å². The summed E-state index contributed by atoms with van der Waals surface area (Å²) in [7, 11) is 4.48. The fraction of sp³-hybridized carbons (Fsp3) is 0.583. The molecule has 1 saturated heterocycles. The van der Waals surface area contributed by atoms with Gasteiger partial charge in [-0.3, -0.25) is 4.79 Å². The molecule has 1 aliphatic rings. The van der Waals surface area contributed by atoms with E-state index in [2.05, 4.69) is 9.97 Å². The lowest BCUT2D eigenvalue weighted by Gasteiger charge is -2.24. The van der Waals surface area contributed by atoms with Crippen molar-refractivity contribution < 1.29 is 19.0 Å². The van der Waals surface area contributed by atoms with Crippen LogP contribution in [0.5, 0.6) is 11.8 Å². The van der Waals surface area contributed by atoms with Crippen LogP contribution in [0.2, 0.25) is 0 Å². The van der Waals surface area contributed by atoms with Gasteiger partial charge in [0.15, 0.2) is 5.16 Å². The Morgan fingerprint density at radius 1 is 1.24 bits per heavy atom. The van der Waals surface area contributed by atoms with Gasteiger partial charge in [-0.25, -0.2) is 0 Å². The molecule has 2 heterocycles.